The number of nitrogens with zero attached hydrogens (tertiary/aromatic N) is 2. The van der Waals surface area contributed by atoms with Crippen LogP contribution in [0.2, 0.25) is 0 Å². The van der Waals surface area contributed by atoms with Crippen molar-refractivity contribution in [1.82, 2.24) is 4.57 Å². The standard InChI is InChI=1S/C73H46N2/c1-73(2)60-22-8-10-24-64(60)75(63-40-32-48-28-26-46-30-34-54(56-36-38-59(63)70(48)68(46)56)52-21-12-16-44-14-4-6-18-50(44)52)66-42-41-65-71(72(66)73)57-19-7-9-23-61(57)74(65)62-39-31-47-27-25-45-29-33-53(55-35-37-58(62)69(47)67(45)55)51-20-11-15-43-13-3-5-17-49(43)51/h3-42H,1-2H3. The van der Waals surface area contributed by atoms with Crippen LogP contribution in [0.15, 0.2) is 243 Å². The van der Waals surface area contributed by atoms with Gasteiger partial charge in [0.25, 0.3) is 0 Å². The third-order valence-corrected chi connectivity index (χ3v) is 17.4. The van der Waals surface area contributed by atoms with E-state index in [1.807, 2.05) is 0 Å². The van der Waals surface area contributed by atoms with Gasteiger partial charge in [0.05, 0.1) is 33.8 Å². The SMILES string of the molecule is CC1(C)c2ccccc2N(c2ccc3ccc4ccc(-c5cccc6ccccc56)c5ccc2c3c45)c2ccc3c(c21)c1ccccc1n3-c1ccc2ccc3ccc(-c4cccc5ccccc45)c4ccc1c2c34. The van der Waals surface area contributed by atoms with Gasteiger partial charge in [0, 0.05) is 27.0 Å². The van der Waals surface area contributed by atoms with Crippen molar-refractivity contribution in [3.05, 3.63) is 254 Å². The minimum atomic E-state index is -0.339. The van der Waals surface area contributed by atoms with Gasteiger partial charge >= 0.3 is 0 Å². The van der Waals surface area contributed by atoms with Crippen LogP contribution in [0.4, 0.5) is 17.1 Å². The molecule has 0 bridgehead atoms. The fraction of sp³-hybridized carbons (Fsp3) is 0.0411. The number of aromatic nitrogens is 1. The molecule has 15 aromatic carbocycles. The molecule has 0 saturated carbocycles. The number of hydrogen-bond donors (Lipinski definition) is 0. The summed E-state index contributed by atoms with van der Waals surface area (Å²) in [5.41, 5.74) is 14.6. The Bertz CT molecular complexity index is 5100. The van der Waals surface area contributed by atoms with Crippen molar-refractivity contribution in [1.29, 1.82) is 0 Å². The van der Waals surface area contributed by atoms with E-state index in [9.17, 15) is 0 Å². The van der Waals surface area contributed by atoms with Crippen LogP contribution >= 0.6 is 0 Å². The zero-order chi connectivity index (χ0) is 49.3. The lowest BCUT2D eigenvalue weighted by atomic mass is 9.72. The van der Waals surface area contributed by atoms with Crippen molar-refractivity contribution in [2.75, 3.05) is 4.90 Å². The number of anilines is 3. The summed E-state index contributed by atoms with van der Waals surface area (Å²) >= 11 is 0. The summed E-state index contributed by atoms with van der Waals surface area (Å²) in [6, 6.07) is 91.6. The second kappa shape index (κ2) is 14.8. The van der Waals surface area contributed by atoms with Crippen molar-refractivity contribution in [2.24, 2.45) is 0 Å². The van der Waals surface area contributed by atoms with Crippen LogP contribution in [0.3, 0.4) is 0 Å². The first-order chi connectivity index (χ1) is 37.0. The van der Waals surface area contributed by atoms with Crippen molar-refractivity contribution >= 4 is 125 Å². The molecule has 0 spiro atoms. The largest absolute Gasteiger partial charge is 0.309 e. The summed E-state index contributed by atoms with van der Waals surface area (Å²) in [5, 5.41) is 23.0. The molecule has 0 amide bonds. The summed E-state index contributed by atoms with van der Waals surface area (Å²) in [5.74, 6) is 0. The number of hydrogen-bond acceptors (Lipinski definition) is 1. The van der Waals surface area contributed by atoms with Gasteiger partial charge in [-0.3, -0.25) is 0 Å². The van der Waals surface area contributed by atoms with E-state index in [1.54, 1.807) is 0 Å². The Kier molecular flexibility index (Phi) is 8.10. The Morgan fingerprint density at radius 1 is 0.253 bits per heavy atom. The third kappa shape index (κ3) is 5.43. The molecular formula is C73H46N2. The van der Waals surface area contributed by atoms with Crippen molar-refractivity contribution < 1.29 is 0 Å². The van der Waals surface area contributed by atoms with E-state index in [0.717, 1.165) is 0 Å². The van der Waals surface area contributed by atoms with E-state index >= 15 is 0 Å². The molecule has 75 heavy (non-hydrogen) atoms. The van der Waals surface area contributed by atoms with Gasteiger partial charge < -0.3 is 9.47 Å². The van der Waals surface area contributed by atoms with E-state index in [0.29, 0.717) is 0 Å². The van der Waals surface area contributed by atoms with Crippen LogP contribution < -0.4 is 4.90 Å². The first-order valence-electron chi connectivity index (χ1n) is 26.3. The highest BCUT2D eigenvalue weighted by atomic mass is 15.2. The summed E-state index contributed by atoms with van der Waals surface area (Å²) in [7, 11) is 0. The molecule has 17 rings (SSSR count). The zero-order valence-corrected chi connectivity index (χ0v) is 41.5. The fourth-order valence-electron chi connectivity index (χ4n) is 14.2. The maximum atomic E-state index is 2.59. The molecule has 2 heterocycles. The highest BCUT2D eigenvalue weighted by molar-refractivity contribution is 6.30. The third-order valence-electron chi connectivity index (χ3n) is 17.4. The molecule has 2 heteroatoms. The van der Waals surface area contributed by atoms with Gasteiger partial charge in [-0.1, -0.05) is 220 Å². The highest BCUT2D eigenvalue weighted by Gasteiger charge is 2.40. The predicted molar refractivity (Wildman–Crippen MR) is 321 cm³/mol. The van der Waals surface area contributed by atoms with Crippen molar-refractivity contribution in [2.45, 2.75) is 19.3 Å². The molecule has 0 aliphatic carbocycles. The first-order valence-corrected chi connectivity index (χ1v) is 26.3. The van der Waals surface area contributed by atoms with Gasteiger partial charge in [-0.25, -0.2) is 0 Å². The molecule has 16 aromatic rings. The van der Waals surface area contributed by atoms with E-state index in [1.165, 1.54) is 164 Å². The Hall–Kier alpha value is -9.50. The molecule has 2 nitrogen and oxygen atoms in total. The first kappa shape index (κ1) is 41.0. The average Bonchev–Trinajstić information content (AvgIpc) is 3.80. The van der Waals surface area contributed by atoms with Gasteiger partial charge in [0.15, 0.2) is 0 Å². The van der Waals surface area contributed by atoms with Crippen molar-refractivity contribution in [3.63, 3.8) is 0 Å². The smallest absolute Gasteiger partial charge is 0.0545 e. The van der Waals surface area contributed by atoms with E-state index in [2.05, 4.69) is 266 Å². The van der Waals surface area contributed by atoms with Crippen LogP contribution in [0.25, 0.3) is 136 Å². The van der Waals surface area contributed by atoms with Crippen LogP contribution in [0.5, 0.6) is 0 Å². The van der Waals surface area contributed by atoms with Crippen LogP contribution in [-0.2, 0) is 5.41 Å². The van der Waals surface area contributed by atoms with Gasteiger partial charge in [0.2, 0.25) is 0 Å². The quantitative estimate of drug-likeness (QED) is 0.160. The summed E-state index contributed by atoms with van der Waals surface area (Å²) < 4.78 is 2.56. The topological polar surface area (TPSA) is 8.17 Å². The van der Waals surface area contributed by atoms with E-state index in [-0.39, 0.29) is 5.41 Å². The lowest BCUT2D eigenvalue weighted by molar-refractivity contribution is 0.638. The van der Waals surface area contributed by atoms with Gasteiger partial charge in [-0.05, 0) is 145 Å². The molecule has 1 aliphatic rings. The molecule has 0 unspecified atom stereocenters. The fourth-order valence-corrected chi connectivity index (χ4v) is 14.2. The second-order valence-electron chi connectivity index (χ2n) is 21.5. The van der Waals surface area contributed by atoms with Crippen LogP contribution in [0.1, 0.15) is 25.0 Å². The minimum absolute atomic E-state index is 0.339. The number of benzene rings is 15. The van der Waals surface area contributed by atoms with Crippen LogP contribution in [-0.4, -0.2) is 4.57 Å². The molecule has 0 atom stereocenters. The summed E-state index contributed by atoms with van der Waals surface area (Å²) in [6.45, 7) is 4.88. The molecule has 1 aromatic heterocycles. The van der Waals surface area contributed by atoms with Gasteiger partial charge in [0.1, 0.15) is 0 Å². The molecule has 348 valence electrons. The van der Waals surface area contributed by atoms with Crippen molar-refractivity contribution in [3.8, 4) is 27.9 Å². The minimum Gasteiger partial charge on any atom is -0.309 e. The molecule has 0 N–H and O–H groups in total. The lowest BCUT2D eigenvalue weighted by Crippen LogP contribution is -2.31. The Morgan fingerprint density at radius 3 is 1.32 bits per heavy atom. The highest BCUT2D eigenvalue weighted by Crippen LogP contribution is 2.57. The summed E-state index contributed by atoms with van der Waals surface area (Å²) in [6.07, 6.45) is 0. The Balaban J connectivity index is 0.912. The van der Waals surface area contributed by atoms with E-state index in [4.69, 9.17) is 0 Å². The monoisotopic (exact) mass is 950 g/mol. The van der Waals surface area contributed by atoms with Gasteiger partial charge in [-0.2, -0.15) is 0 Å². The normalized spacial score (nSPS) is 13.5. The van der Waals surface area contributed by atoms with E-state index < -0.39 is 0 Å². The Labute approximate surface area is 433 Å². The Morgan fingerprint density at radius 2 is 0.693 bits per heavy atom. The number of fused-ring (bicyclic) bond motifs is 8. The number of para-hydroxylation sites is 2. The number of rotatable bonds is 4. The zero-order valence-electron chi connectivity index (χ0n) is 41.5. The molecule has 1 aliphatic heterocycles. The molecule has 0 fully saturated rings. The molecule has 0 saturated heterocycles. The maximum absolute atomic E-state index is 2.59. The van der Waals surface area contributed by atoms with Crippen LogP contribution in [0, 0.1) is 0 Å². The molecule has 0 radical (unpaired) electrons. The maximum Gasteiger partial charge on any atom is 0.0545 e. The lowest BCUT2D eigenvalue weighted by Gasteiger charge is -2.43. The van der Waals surface area contributed by atoms with Gasteiger partial charge in [-0.15, -0.1) is 0 Å². The second-order valence-corrected chi connectivity index (χ2v) is 21.5. The summed E-state index contributed by atoms with van der Waals surface area (Å²) in [4.78, 5) is 2.59. The average molecular weight is 951 g/mol. The predicted octanol–water partition coefficient (Wildman–Crippen LogP) is 20.3. The molecular weight excluding hydrogens is 905 g/mol.